The molecule has 0 bridgehead atoms. The summed E-state index contributed by atoms with van der Waals surface area (Å²) in [5.74, 6) is -0.419. The van der Waals surface area contributed by atoms with Crippen molar-refractivity contribution in [2.24, 2.45) is 0 Å². The Morgan fingerprint density at radius 1 is 0.944 bits per heavy atom. The quantitative estimate of drug-likeness (QED) is 0.260. The van der Waals surface area contributed by atoms with Gasteiger partial charge in [-0.25, -0.2) is 0 Å². The zero-order chi connectivity index (χ0) is 25.7. The number of rotatable bonds is 6. The Labute approximate surface area is 217 Å². The highest BCUT2D eigenvalue weighted by Crippen LogP contribution is 2.28. The molecule has 1 N–H and O–H groups in total. The van der Waals surface area contributed by atoms with Gasteiger partial charge in [0.1, 0.15) is 5.02 Å². The number of hydrogen-bond donors (Lipinski definition) is 1. The Bertz CT molecular complexity index is 1320. The molecule has 0 unspecified atom stereocenters. The van der Waals surface area contributed by atoms with Gasteiger partial charge in [-0.05, 0) is 54.1 Å². The van der Waals surface area contributed by atoms with Crippen LogP contribution in [0.3, 0.4) is 0 Å². The number of carbonyl (C=O) groups is 2. The van der Waals surface area contributed by atoms with Gasteiger partial charge < -0.3 is 15.1 Å². The molecule has 1 fully saturated rings. The molecule has 1 heterocycles. The molecule has 0 saturated carbocycles. The number of nitrogens with zero attached hydrogens (tertiary/aromatic N) is 3. The first-order chi connectivity index (χ1) is 17.3. The lowest BCUT2D eigenvalue weighted by Gasteiger charge is -2.37. The molecule has 184 valence electrons. The predicted octanol–water partition coefficient (Wildman–Crippen LogP) is 5.52. The van der Waals surface area contributed by atoms with Gasteiger partial charge in [-0.15, -0.1) is 0 Å². The van der Waals surface area contributed by atoms with Crippen molar-refractivity contribution in [1.29, 1.82) is 0 Å². The fourth-order valence-corrected chi connectivity index (χ4v) is 4.21. The van der Waals surface area contributed by atoms with Gasteiger partial charge in [0.25, 0.3) is 11.6 Å². The van der Waals surface area contributed by atoms with Crippen molar-refractivity contribution in [2.75, 3.05) is 36.4 Å². The number of nitro groups is 1. The van der Waals surface area contributed by atoms with Crippen LogP contribution in [-0.4, -0.2) is 47.8 Å². The van der Waals surface area contributed by atoms with E-state index in [0.29, 0.717) is 48.0 Å². The molecule has 3 aromatic carbocycles. The number of halogens is 2. The van der Waals surface area contributed by atoms with Crippen molar-refractivity contribution in [3.05, 3.63) is 104 Å². The average molecular weight is 525 g/mol. The van der Waals surface area contributed by atoms with E-state index in [1.165, 1.54) is 24.3 Å². The normalized spacial score (nSPS) is 13.6. The van der Waals surface area contributed by atoms with Crippen LogP contribution in [0.15, 0.2) is 72.8 Å². The van der Waals surface area contributed by atoms with Crippen molar-refractivity contribution in [3.8, 4) is 0 Å². The van der Waals surface area contributed by atoms with Crippen molar-refractivity contribution < 1.29 is 14.5 Å². The second-order valence-electron chi connectivity index (χ2n) is 8.09. The molecule has 36 heavy (non-hydrogen) atoms. The van der Waals surface area contributed by atoms with Gasteiger partial charge in [0.2, 0.25) is 5.91 Å². The molecule has 1 saturated heterocycles. The van der Waals surface area contributed by atoms with Gasteiger partial charge >= 0.3 is 0 Å². The summed E-state index contributed by atoms with van der Waals surface area (Å²) in [5.41, 5.74) is 2.33. The number of piperazine rings is 1. The highest BCUT2D eigenvalue weighted by molar-refractivity contribution is 6.32. The highest BCUT2D eigenvalue weighted by atomic mass is 35.5. The lowest BCUT2D eigenvalue weighted by Crippen LogP contribution is -2.49. The average Bonchev–Trinajstić information content (AvgIpc) is 2.88. The number of nitro benzene ring substituents is 1. The maximum atomic E-state index is 12.8. The summed E-state index contributed by atoms with van der Waals surface area (Å²) in [4.78, 5) is 39.8. The predicted molar refractivity (Wildman–Crippen MR) is 142 cm³/mol. The molecule has 1 aliphatic rings. The molecular formula is C26H22Cl2N4O4. The molecule has 2 amide bonds. The number of amides is 2. The molecular weight excluding hydrogens is 503 g/mol. The lowest BCUT2D eigenvalue weighted by atomic mass is 10.1. The third-order valence-electron chi connectivity index (χ3n) is 5.75. The van der Waals surface area contributed by atoms with E-state index in [-0.39, 0.29) is 22.5 Å². The molecule has 3 aromatic rings. The fourth-order valence-electron chi connectivity index (χ4n) is 3.90. The first-order valence-electron chi connectivity index (χ1n) is 11.1. The Balaban J connectivity index is 1.40. The van der Waals surface area contributed by atoms with E-state index in [4.69, 9.17) is 23.2 Å². The van der Waals surface area contributed by atoms with E-state index >= 15 is 0 Å². The van der Waals surface area contributed by atoms with Crippen molar-refractivity contribution >= 4 is 58.2 Å². The summed E-state index contributed by atoms with van der Waals surface area (Å²) >= 11 is 11.8. The van der Waals surface area contributed by atoms with E-state index in [1.54, 1.807) is 41.3 Å². The maximum Gasteiger partial charge on any atom is 0.288 e. The van der Waals surface area contributed by atoms with Crippen LogP contribution in [0.2, 0.25) is 10.0 Å². The summed E-state index contributed by atoms with van der Waals surface area (Å²) in [6.07, 6.45) is 2.80. The van der Waals surface area contributed by atoms with Crippen LogP contribution in [0.4, 0.5) is 17.1 Å². The van der Waals surface area contributed by atoms with E-state index in [2.05, 4.69) is 10.2 Å². The third-order valence-corrected chi connectivity index (χ3v) is 6.33. The third kappa shape index (κ3) is 6.02. The van der Waals surface area contributed by atoms with Crippen molar-refractivity contribution in [2.45, 2.75) is 0 Å². The van der Waals surface area contributed by atoms with Gasteiger partial charge in [0, 0.05) is 48.9 Å². The van der Waals surface area contributed by atoms with Crippen molar-refractivity contribution in [1.82, 2.24) is 4.90 Å². The molecule has 1 aliphatic heterocycles. The molecule has 4 rings (SSSR count). The van der Waals surface area contributed by atoms with Crippen LogP contribution in [0.5, 0.6) is 0 Å². The van der Waals surface area contributed by atoms with Crippen LogP contribution in [0, 0.1) is 10.1 Å². The number of anilines is 2. The molecule has 0 aromatic heterocycles. The minimum Gasteiger partial charge on any atom is -0.366 e. The first-order valence-corrected chi connectivity index (χ1v) is 11.9. The lowest BCUT2D eigenvalue weighted by molar-refractivity contribution is -0.384. The molecule has 0 atom stereocenters. The van der Waals surface area contributed by atoms with Crippen LogP contribution >= 0.6 is 23.2 Å². The van der Waals surface area contributed by atoms with Gasteiger partial charge in [0.15, 0.2) is 0 Å². The van der Waals surface area contributed by atoms with E-state index in [0.717, 1.165) is 5.69 Å². The molecule has 0 aliphatic carbocycles. The minimum absolute atomic E-state index is 0.0329. The highest BCUT2D eigenvalue weighted by Gasteiger charge is 2.23. The SMILES string of the molecule is O=C(/C=C/c1ccc(Cl)c([N+](=O)[O-])c1)Nc1ccccc1N1CCN(C(=O)c2ccc(Cl)cc2)CC1. The summed E-state index contributed by atoms with van der Waals surface area (Å²) in [6, 6.07) is 18.6. The molecule has 10 heteroatoms. The second kappa shape index (κ2) is 11.2. The van der Waals surface area contributed by atoms with Crippen LogP contribution < -0.4 is 10.2 Å². The van der Waals surface area contributed by atoms with Gasteiger partial charge in [-0.3, -0.25) is 19.7 Å². The van der Waals surface area contributed by atoms with Gasteiger partial charge in [0.05, 0.1) is 16.3 Å². The molecule has 0 radical (unpaired) electrons. The Kier molecular flexibility index (Phi) is 7.87. The van der Waals surface area contributed by atoms with E-state index < -0.39 is 4.92 Å². The summed E-state index contributed by atoms with van der Waals surface area (Å²) in [5, 5.41) is 14.6. The number of hydrogen-bond acceptors (Lipinski definition) is 5. The van der Waals surface area contributed by atoms with E-state index in [1.807, 2.05) is 18.2 Å². The number of carbonyl (C=O) groups excluding carboxylic acids is 2. The second-order valence-corrected chi connectivity index (χ2v) is 8.94. The standard InChI is InChI=1S/C26H22Cl2N4O4/c27-20-9-7-19(8-10-20)26(34)31-15-13-30(14-16-31)23-4-2-1-3-22(23)29-25(33)12-6-18-5-11-21(28)24(17-18)32(35)36/h1-12,17H,13-16H2,(H,29,33)/b12-6+. The zero-order valence-corrected chi connectivity index (χ0v) is 20.6. The largest absolute Gasteiger partial charge is 0.366 e. The van der Waals surface area contributed by atoms with E-state index in [9.17, 15) is 19.7 Å². The van der Waals surface area contributed by atoms with Gasteiger partial charge in [-0.2, -0.15) is 0 Å². The minimum atomic E-state index is -0.571. The fraction of sp³-hybridized carbons (Fsp3) is 0.154. The number of para-hydroxylation sites is 2. The van der Waals surface area contributed by atoms with Crippen LogP contribution in [0.1, 0.15) is 15.9 Å². The monoisotopic (exact) mass is 524 g/mol. The summed E-state index contributed by atoms with van der Waals surface area (Å²) in [6.45, 7) is 2.30. The Hall–Kier alpha value is -3.88. The zero-order valence-electron chi connectivity index (χ0n) is 19.1. The summed E-state index contributed by atoms with van der Waals surface area (Å²) in [7, 11) is 0. The topological polar surface area (TPSA) is 95.8 Å². The smallest absolute Gasteiger partial charge is 0.288 e. The number of nitrogens with one attached hydrogen (secondary N) is 1. The van der Waals surface area contributed by atoms with Crippen LogP contribution in [-0.2, 0) is 4.79 Å². The summed E-state index contributed by atoms with van der Waals surface area (Å²) < 4.78 is 0. The maximum absolute atomic E-state index is 12.8. The van der Waals surface area contributed by atoms with Crippen molar-refractivity contribution in [3.63, 3.8) is 0 Å². The first kappa shape index (κ1) is 25.2. The molecule has 0 spiro atoms. The Morgan fingerprint density at radius 3 is 2.33 bits per heavy atom. The van der Waals surface area contributed by atoms with Gasteiger partial charge in [-0.1, -0.05) is 41.4 Å². The van der Waals surface area contributed by atoms with Crippen LogP contribution in [0.25, 0.3) is 6.08 Å². The number of benzene rings is 3. The molecule has 8 nitrogen and oxygen atoms in total. The Morgan fingerprint density at radius 2 is 1.64 bits per heavy atom.